The minimum absolute atomic E-state index is 0.0287. The van der Waals surface area contributed by atoms with Gasteiger partial charge in [-0.2, -0.15) is 0 Å². The molecule has 1 amide bonds. The molecular weight excluding hydrogens is 478 g/mol. The van der Waals surface area contributed by atoms with E-state index < -0.39 is 13.9 Å². The van der Waals surface area contributed by atoms with Gasteiger partial charge >= 0.3 is 6.09 Å². The first-order valence-electron chi connectivity index (χ1n) is 14.0. The molecule has 37 heavy (non-hydrogen) atoms. The van der Waals surface area contributed by atoms with Gasteiger partial charge < -0.3 is 19.2 Å². The van der Waals surface area contributed by atoms with Crippen LogP contribution in [-0.4, -0.2) is 55.3 Å². The standard InChI is InChI=1S/C31H43NO4Si/c1-30(2,3)37(4,5)36-18-17-31(34)19-22-11-10-12-23(20-31)32(22)29(33)35-21-28-26-15-8-6-13-24(26)25-14-7-9-16-27(25)28/h6-9,13-16,22-23,28,34H,10-12,17-21H2,1-5H3. The first-order valence-corrected chi connectivity index (χ1v) is 16.9. The summed E-state index contributed by atoms with van der Waals surface area (Å²) in [6.07, 6.45) is 4.56. The van der Waals surface area contributed by atoms with Gasteiger partial charge in [0.05, 0.1) is 5.60 Å². The van der Waals surface area contributed by atoms with E-state index in [9.17, 15) is 9.90 Å². The summed E-state index contributed by atoms with van der Waals surface area (Å²) in [7, 11) is -1.85. The van der Waals surface area contributed by atoms with Crippen molar-refractivity contribution in [3.8, 4) is 11.1 Å². The zero-order chi connectivity index (χ0) is 26.4. The summed E-state index contributed by atoms with van der Waals surface area (Å²) in [6, 6.07) is 16.9. The van der Waals surface area contributed by atoms with Gasteiger partial charge in [0, 0.05) is 24.6 Å². The maximum Gasteiger partial charge on any atom is 0.410 e. The SMILES string of the molecule is CC(C)(C)[Si](C)(C)OCCC1(O)CC2CCCC(C1)N2C(=O)OCC1c2ccccc2-c2ccccc21. The highest BCUT2D eigenvalue weighted by molar-refractivity contribution is 6.74. The van der Waals surface area contributed by atoms with Gasteiger partial charge in [-0.3, -0.25) is 0 Å². The van der Waals surface area contributed by atoms with Gasteiger partial charge in [0.25, 0.3) is 0 Å². The largest absolute Gasteiger partial charge is 0.448 e. The van der Waals surface area contributed by atoms with Crippen molar-refractivity contribution in [2.24, 2.45) is 0 Å². The molecule has 2 atom stereocenters. The van der Waals surface area contributed by atoms with Crippen molar-refractivity contribution in [2.75, 3.05) is 13.2 Å². The number of amides is 1. The van der Waals surface area contributed by atoms with E-state index in [2.05, 4.69) is 82.4 Å². The van der Waals surface area contributed by atoms with Gasteiger partial charge in [-0.05, 0) is 78.9 Å². The lowest BCUT2D eigenvalue weighted by molar-refractivity contribution is -0.0928. The van der Waals surface area contributed by atoms with Gasteiger partial charge in [-0.1, -0.05) is 69.3 Å². The first-order chi connectivity index (χ1) is 17.5. The van der Waals surface area contributed by atoms with E-state index >= 15 is 0 Å². The highest BCUT2D eigenvalue weighted by atomic mass is 28.4. The number of fused-ring (bicyclic) bond motifs is 5. The molecule has 200 valence electrons. The number of rotatable bonds is 6. The minimum atomic E-state index is -1.85. The molecule has 3 aliphatic rings. The third-order valence-corrected chi connectivity index (χ3v) is 14.0. The molecule has 6 heteroatoms. The van der Waals surface area contributed by atoms with Crippen LogP contribution in [0.3, 0.4) is 0 Å². The van der Waals surface area contributed by atoms with Crippen molar-refractivity contribution >= 4 is 14.4 Å². The zero-order valence-electron chi connectivity index (χ0n) is 23.1. The summed E-state index contributed by atoms with van der Waals surface area (Å²) in [4.78, 5) is 15.4. The Morgan fingerprint density at radius 2 is 1.54 bits per heavy atom. The molecule has 0 radical (unpaired) electrons. The molecule has 2 bridgehead atoms. The molecule has 0 spiro atoms. The molecule has 2 aromatic carbocycles. The number of ether oxygens (including phenoxy) is 1. The van der Waals surface area contributed by atoms with Crippen molar-refractivity contribution in [3.05, 3.63) is 59.7 Å². The molecule has 1 N–H and O–H groups in total. The van der Waals surface area contributed by atoms with Crippen molar-refractivity contribution in [1.29, 1.82) is 0 Å². The van der Waals surface area contributed by atoms with Crippen molar-refractivity contribution in [1.82, 2.24) is 4.90 Å². The predicted octanol–water partition coefficient (Wildman–Crippen LogP) is 7.10. The maximum atomic E-state index is 13.5. The summed E-state index contributed by atoms with van der Waals surface area (Å²) in [6.45, 7) is 12.2. The van der Waals surface area contributed by atoms with Gasteiger partial charge in [0.1, 0.15) is 6.61 Å². The fourth-order valence-corrected chi connectivity index (χ4v) is 7.46. The Morgan fingerprint density at radius 1 is 1.00 bits per heavy atom. The molecular formula is C31H43NO4Si. The molecule has 2 aliphatic heterocycles. The fraction of sp³-hybridized carbons (Fsp3) is 0.581. The average molecular weight is 522 g/mol. The number of benzene rings is 2. The van der Waals surface area contributed by atoms with E-state index in [1.165, 1.54) is 22.3 Å². The highest BCUT2D eigenvalue weighted by Gasteiger charge is 2.48. The normalized spacial score (nSPS) is 25.5. The Balaban J connectivity index is 1.23. The third-order valence-electron chi connectivity index (χ3n) is 9.48. The van der Waals surface area contributed by atoms with Gasteiger partial charge in [0.2, 0.25) is 0 Å². The number of piperidine rings is 2. The lowest BCUT2D eigenvalue weighted by Gasteiger charge is -2.51. The van der Waals surface area contributed by atoms with Crippen LogP contribution in [0, 0.1) is 0 Å². The second-order valence-electron chi connectivity index (χ2n) is 12.9. The van der Waals surface area contributed by atoms with Crippen LogP contribution in [0.15, 0.2) is 48.5 Å². The quantitative estimate of drug-likeness (QED) is 0.412. The second-order valence-corrected chi connectivity index (χ2v) is 17.8. The van der Waals surface area contributed by atoms with Crippen LogP contribution in [0.25, 0.3) is 11.1 Å². The van der Waals surface area contributed by atoms with Crippen LogP contribution in [-0.2, 0) is 9.16 Å². The van der Waals surface area contributed by atoms with E-state index in [-0.39, 0.29) is 29.1 Å². The zero-order valence-corrected chi connectivity index (χ0v) is 24.1. The van der Waals surface area contributed by atoms with Crippen molar-refractivity contribution < 1.29 is 19.1 Å². The van der Waals surface area contributed by atoms with Gasteiger partial charge in [0.15, 0.2) is 8.32 Å². The number of carbonyl (C=O) groups is 1. The fourth-order valence-electron chi connectivity index (χ4n) is 6.41. The smallest absolute Gasteiger partial charge is 0.410 e. The molecule has 2 unspecified atom stereocenters. The highest BCUT2D eigenvalue weighted by Crippen LogP contribution is 2.46. The Kier molecular flexibility index (Phi) is 7.05. The van der Waals surface area contributed by atoms with Crippen LogP contribution in [0.1, 0.15) is 76.3 Å². The molecule has 5 rings (SSSR count). The average Bonchev–Trinajstić information content (AvgIpc) is 3.15. The summed E-state index contributed by atoms with van der Waals surface area (Å²) in [5, 5.41) is 11.7. The lowest BCUT2D eigenvalue weighted by Crippen LogP contribution is -2.60. The number of hydrogen-bond acceptors (Lipinski definition) is 4. The van der Waals surface area contributed by atoms with Crippen LogP contribution in [0.2, 0.25) is 18.1 Å². The number of aliphatic hydroxyl groups is 1. The molecule has 1 aliphatic carbocycles. The van der Waals surface area contributed by atoms with Crippen LogP contribution >= 0.6 is 0 Å². The first kappa shape index (κ1) is 26.5. The second kappa shape index (κ2) is 9.86. The van der Waals surface area contributed by atoms with Crippen molar-refractivity contribution in [3.63, 3.8) is 0 Å². The lowest BCUT2D eigenvalue weighted by atomic mass is 9.74. The molecule has 0 saturated carbocycles. The van der Waals surface area contributed by atoms with E-state index in [4.69, 9.17) is 9.16 Å². The van der Waals surface area contributed by atoms with E-state index in [1.54, 1.807) is 0 Å². The van der Waals surface area contributed by atoms with Gasteiger partial charge in [-0.25, -0.2) is 4.79 Å². The van der Waals surface area contributed by atoms with Crippen LogP contribution < -0.4 is 0 Å². The molecule has 2 fully saturated rings. The minimum Gasteiger partial charge on any atom is -0.448 e. The topological polar surface area (TPSA) is 59.0 Å². The van der Waals surface area contributed by atoms with Gasteiger partial charge in [-0.15, -0.1) is 0 Å². The third kappa shape index (κ3) is 5.12. The molecule has 2 aromatic rings. The Bertz CT molecular complexity index is 1080. The number of nitrogens with zero attached hydrogens (tertiary/aromatic N) is 1. The van der Waals surface area contributed by atoms with Crippen molar-refractivity contribution in [2.45, 2.75) is 101 Å². The molecule has 2 heterocycles. The maximum absolute atomic E-state index is 13.5. The molecule has 2 saturated heterocycles. The van der Waals surface area contributed by atoms with Crippen LogP contribution in [0.5, 0.6) is 0 Å². The summed E-state index contributed by atoms with van der Waals surface area (Å²) in [5.74, 6) is 0.0606. The Labute approximate surface area is 223 Å². The monoisotopic (exact) mass is 521 g/mol. The van der Waals surface area contributed by atoms with E-state index in [0.29, 0.717) is 32.5 Å². The summed E-state index contributed by atoms with van der Waals surface area (Å²) >= 11 is 0. The Morgan fingerprint density at radius 3 is 2.08 bits per heavy atom. The summed E-state index contributed by atoms with van der Waals surface area (Å²) in [5.41, 5.74) is 4.15. The molecule has 0 aromatic heterocycles. The summed E-state index contributed by atoms with van der Waals surface area (Å²) < 4.78 is 12.4. The predicted molar refractivity (Wildman–Crippen MR) is 150 cm³/mol. The number of carbonyl (C=O) groups excluding carboxylic acids is 1. The van der Waals surface area contributed by atoms with E-state index in [1.807, 2.05) is 4.90 Å². The van der Waals surface area contributed by atoms with Crippen LogP contribution in [0.4, 0.5) is 4.79 Å². The Hall–Kier alpha value is -2.15. The number of hydrogen-bond donors (Lipinski definition) is 1. The molecule has 5 nitrogen and oxygen atoms in total. The van der Waals surface area contributed by atoms with E-state index in [0.717, 1.165) is 19.3 Å².